The second kappa shape index (κ2) is 10.2. The van der Waals surface area contributed by atoms with E-state index in [4.69, 9.17) is 11.3 Å². The molecule has 0 aromatic heterocycles. The summed E-state index contributed by atoms with van der Waals surface area (Å²) < 4.78 is 45.8. The quantitative estimate of drug-likeness (QED) is 0.528. The molecule has 2 aromatic rings. The number of likely N-dealkylation sites (tertiary alicyclic amines) is 1. The number of anilines is 1. The largest absolute Gasteiger partial charge is 0.493 e. The zero-order valence-corrected chi connectivity index (χ0v) is 19.2. The van der Waals surface area contributed by atoms with Gasteiger partial charge in [-0.1, -0.05) is 18.2 Å². The number of hydrogen-bond acceptors (Lipinski definition) is 4. The second-order valence-electron chi connectivity index (χ2n) is 9.25. The average molecular weight is 474 g/mol. The molecule has 2 aliphatic heterocycles. The van der Waals surface area contributed by atoms with E-state index in [2.05, 4.69) is 21.9 Å². The lowest BCUT2D eigenvalue weighted by Gasteiger charge is -2.39. The number of hydrogen-bond donors (Lipinski definition) is 1. The molecule has 2 saturated heterocycles. The fourth-order valence-electron chi connectivity index (χ4n) is 4.77. The van der Waals surface area contributed by atoms with Crippen molar-refractivity contribution in [1.82, 2.24) is 4.90 Å². The van der Waals surface area contributed by atoms with Crippen LogP contribution in [0, 0.1) is 6.57 Å². The van der Waals surface area contributed by atoms with Crippen LogP contribution >= 0.6 is 0 Å². The molecule has 0 aliphatic carbocycles. The lowest BCUT2D eigenvalue weighted by atomic mass is 9.88. The predicted molar refractivity (Wildman–Crippen MR) is 125 cm³/mol. The monoisotopic (exact) mass is 473 g/mol. The Balaban J connectivity index is 1.29. The molecule has 2 aliphatic rings. The number of ether oxygens (including phenoxy) is 1. The molecule has 5 nitrogen and oxygen atoms in total. The predicted octanol–water partition coefficient (Wildman–Crippen LogP) is 5.65. The fourth-order valence-corrected chi connectivity index (χ4v) is 4.77. The maximum absolute atomic E-state index is 13.3. The van der Waals surface area contributed by atoms with Gasteiger partial charge in [0.1, 0.15) is 5.75 Å². The molecule has 2 fully saturated rings. The lowest BCUT2D eigenvalue weighted by molar-refractivity contribution is -0.136. The number of aliphatic hydroxyl groups is 1. The van der Waals surface area contributed by atoms with E-state index in [1.807, 2.05) is 17.0 Å². The van der Waals surface area contributed by atoms with E-state index < -0.39 is 23.0 Å². The Kier molecular flexibility index (Phi) is 7.34. The summed E-state index contributed by atoms with van der Waals surface area (Å²) in [5, 5.41) is 11.0. The number of piperidine rings is 1. The van der Waals surface area contributed by atoms with Crippen LogP contribution in [0.4, 0.5) is 24.5 Å². The van der Waals surface area contributed by atoms with Crippen LogP contribution in [0.25, 0.3) is 4.85 Å². The third-order valence-electron chi connectivity index (χ3n) is 6.80. The van der Waals surface area contributed by atoms with Gasteiger partial charge in [-0.2, -0.15) is 13.2 Å². The average Bonchev–Trinajstić information content (AvgIpc) is 3.32. The Morgan fingerprint density at radius 1 is 1.03 bits per heavy atom. The molecule has 0 bridgehead atoms. The minimum atomic E-state index is -4.57. The van der Waals surface area contributed by atoms with Crippen molar-refractivity contribution in [2.75, 3.05) is 37.7 Å². The van der Waals surface area contributed by atoms with Gasteiger partial charge in [0.05, 0.1) is 24.3 Å². The SMILES string of the molecule is [C-]#[N+]c1ccc(N2CCC(O)(CCOc3cccc(CN4CCCC4)c3)CC2)cc1C(F)(F)F. The second-order valence-corrected chi connectivity index (χ2v) is 9.25. The van der Waals surface area contributed by atoms with Gasteiger partial charge in [-0.15, -0.1) is 0 Å². The number of alkyl halides is 3. The highest BCUT2D eigenvalue weighted by Crippen LogP contribution is 2.39. The van der Waals surface area contributed by atoms with Gasteiger partial charge in [-0.05, 0) is 68.6 Å². The third-order valence-corrected chi connectivity index (χ3v) is 6.80. The number of nitrogens with zero attached hydrogens (tertiary/aromatic N) is 3. The van der Waals surface area contributed by atoms with Crippen molar-refractivity contribution in [2.45, 2.75) is 50.4 Å². The minimum Gasteiger partial charge on any atom is -0.493 e. The fraction of sp³-hybridized carbons (Fsp3) is 0.500. The first kappa shape index (κ1) is 24.4. The van der Waals surface area contributed by atoms with Crippen LogP contribution in [0.1, 0.15) is 43.2 Å². The molecule has 2 heterocycles. The van der Waals surface area contributed by atoms with Crippen molar-refractivity contribution < 1.29 is 23.0 Å². The van der Waals surface area contributed by atoms with Gasteiger partial charge in [0.2, 0.25) is 0 Å². The summed E-state index contributed by atoms with van der Waals surface area (Å²) in [5.41, 5.74) is -0.582. The van der Waals surface area contributed by atoms with Gasteiger partial charge in [0.15, 0.2) is 5.69 Å². The molecule has 2 aromatic carbocycles. The van der Waals surface area contributed by atoms with Crippen molar-refractivity contribution in [3.63, 3.8) is 0 Å². The highest BCUT2D eigenvalue weighted by molar-refractivity contribution is 5.62. The third kappa shape index (κ3) is 6.02. The molecule has 182 valence electrons. The van der Waals surface area contributed by atoms with Crippen molar-refractivity contribution >= 4 is 11.4 Å². The van der Waals surface area contributed by atoms with Gasteiger partial charge in [0, 0.05) is 31.7 Å². The minimum absolute atomic E-state index is 0.377. The van der Waals surface area contributed by atoms with Crippen LogP contribution in [0.2, 0.25) is 0 Å². The van der Waals surface area contributed by atoms with Crippen molar-refractivity contribution in [3.05, 3.63) is 65.0 Å². The van der Waals surface area contributed by atoms with E-state index in [1.165, 1.54) is 24.5 Å². The Hall–Kier alpha value is -2.76. The molecule has 0 amide bonds. The summed E-state index contributed by atoms with van der Waals surface area (Å²) in [5.74, 6) is 0.789. The Bertz CT molecular complexity index is 1020. The smallest absolute Gasteiger partial charge is 0.407 e. The van der Waals surface area contributed by atoms with Crippen LogP contribution in [0.15, 0.2) is 42.5 Å². The first-order valence-electron chi connectivity index (χ1n) is 11.8. The van der Waals surface area contributed by atoms with Crippen LogP contribution in [-0.4, -0.2) is 48.4 Å². The molecular weight excluding hydrogens is 443 g/mol. The van der Waals surface area contributed by atoms with E-state index in [9.17, 15) is 18.3 Å². The highest BCUT2D eigenvalue weighted by atomic mass is 19.4. The van der Waals surface area contributed by atoms with E-state index in [0.29, 0.717) is 44.6 Å². The normalized spacial score (nSPS) is 18.6. The molecule has 0 atom stereocenters. The van der Waals surface area contributed by atoms with Gasteiger partial charge in [-0.3, -0.25) is 4.90 Å². The maximum Gasteiger partial charge on any atom is 0.407 e. The maximum atomic E-state index is 13.3. The molecule has 4 rings (SSSR count). The summed E-state index contributed by atoms with van der Waals surface area (Å²) in [6.07, 6.45) is -0.726. The first-order valence-corrected chi connectivity index (χ1v) is 11.8. The molecule has 34 heavy (non-hydrogen) atoms. The van der Waals surface area contributed by atoms with E-state index >= 15 is 0 Å². The molecule has 0 saturated carbocycles. The highest BCUT2D eigenvalue weighted by Gasteiger charge is 2.36. The zero-order valence-electron chi connectivity index (χ0n) is 19.2. The van der Waals surface area contributed by atoms with Gasteiger partial charge >= 0.3 is 6.18 Å². The van der Waals surface area contributed by atoms with Crippen LogP contribution in [-0.2, 0) is 12.7 Å². The van der Waals surface area contributed by atoms with Crippen LogP contribution < -0.4 is 9.64 Å². The Labute approximate surface area is 198 Å². The van der Waals surface area contributed by atoms with E-state index in [0.717, 1.165) is 31.5 Å². The first-order chi connectivity index (χ1) is 16.3. The molecule has 0 unspecified atom stereocenters. The summed E-state index contributed by atoms with van der Waals surface area (Å²) in [4.78, 5) is 7.26. The summed E-state index contributed by atoms with van der Waals surface area (Å²) in [6, 6.07) is 11.9. The molecular formula is C26H30F3N3O2. The van der Waals surface area contributed by atoms with Gasteiger partial charge in [-0.25, -0.2) is 4.85 Å². The molecule has 1 N–H and O–H groups in total. The van der Waals surface area contributed by atoms with Crippen molar-refractivity contribution in [1.29, 1.82) is 0 Å². The Morgan fingerprint density at radius 3 is 2.44 bits per heavy atom. The van der Waals surface area contributed by atoms with Gasteiger partial charge in [0.25, 0.3) is 0 Å². The topological polar surface area (TPSA) is 40.3 Å². The Morgan fingerprint density at radius 2 is 1.76 bits per heavy atom. The van der Waals surface area contributed by atoms with E-state index in [-0.39, 0.29) is 0 Å². The molecule has 0 radical (unpaired) electrons. The summed E-state index contributed by atoms with van der Waals surface area (Å²) >= 11 is 0. The number of halogens is 3. The summed E-state index contributed by atoms with van der Waals surface area (Å²) in [7, 11) is 0. The standard InChI is InChI=1S/C26H30F3N3O2/c1-30-24-8-7-21(18-23(24)26(27,28)29)32-14-9-25(33,10-15-32)11-16-34-22-6-4-5-20(17-22)19-31-12-2-3-13-31/h4-8,17-18,33H,2-3,9-16,19H2. The van der Waals surface area contributed by atoms with Crippen molar-refractivity contribution in [3.8, 4) is 5.75 Å². The van der Waals surface area contributed by atoms with Gasteiger partial charge < -0.3 is 14.7 Å². The number of rotatable bonds is 7. The zero-order chi connectivity index (χ0) is 24.2. The molecule has 8 heteroatoms. The lowest BCUT2D eigenvalue weighted by Crippen LogP contribution is -2.45. The van der Waals surface area contributed by atoms with Crippen LogP contribution in [0.5, 0.6) is 5.75 Å². The van der Waals surface area contributed by atoms with Crippen molar-refractivity contribution in [2.24, 2.45) is 0 Å². The molecule has 0 spiro atoms. The van der Waals surface area contributed by atoms with Crippen LogP contribution in [0.3, 0.4) is 0 Å². The number of benzene rings is 2. The summed E-state index contributed by atoms with van der Waals surface area (Å²) in [6.45, 7) is 11.4. The van der Waals surface area contributed by atoms with E-state index in [1.54, 1.807) is 6.07 Å².